The van der Waals surface area contributed by atoms with Crippen LogP contribution in [0.2, 0.25) is 0 Å². The summed E-state index contributed by atoms with van der Waals surface area (Å²) < 4.78 is 10.8. The number of aromatic nitrogens is 1. The molecule has 0 bridgehead atoms. The van der Waals surface area contributed by atoms with Gasteiger partial charge < -0.3 is 19.8 Å². The summed E-state index contributed by atoms with van der Waals surface area (Å²) in [5.74, 6) is 0.138. The Labute approximate surface area is 145 Å². The minimum Gasteiger partial charge on any atom is -0.472 e. The lowest BCUT2D eigenvalue weighted by molar-refractivity contribution is -0.133. The number of amides is 1. The topological polar surface area (TPSA) is 81.6 Å². The first kappa shape index (κ1) is 17.1. The maximum atomic E-state index is 12.4. The smallest absolute Gasteiger partial charge is 0.228 e. The first-order valence-corrected chi connectivity index (χ1v) is 9.20. The van der Waals surface area contributed by atoms with Crippen LogP contribution >= 0.6 is 11.3 Å². The summed E-state index contributed by atoms with van der Waals surface area (Å²) in [6.07, 6.45) is 6.59. The van der Waals surface area contributed by atoms with Crippen LogP contribution in [0.3, 0.4) is 0 Å². The highest BCUT2D eigenvalue weighted by Gasteiger charge is 2.23. The fourth-order valence-electron chi connectivity index (χ4n) is 2.78. The molecule has 24 heavy (non-hydrogen) atoms. The number of carbonyl (C=O) groups excluding carboxylic acids is 1. The third-order valence-electron chi connectivity index (χ3n) is 4.15. The minimum atomic E-state index is 0.138. The SMILES string of the molecule is NCCCOC1CCN(C(=O)Cc2csc(-c3ccoc3)n2)CC1. The van der Waals surface area contributed by atoms with Gasteiger partial charge in [-0.3, -0.25) is 4.79 Å². The molecule has 0 spiro atoms. The molecule has 0 atom stereocenters. The Morgan fingerprint density at radius 3 is 3.00 bits per heavy atom. The quantitative estimate of drug-likeness (QED) is 0.776. The second kappa shape index (κ2) is 8.41. The van der Waals surface area contributed by atoms with Gasteiger partial charge in [0.05, 0.1) is 24.5 Å². The van der Waals surface area contributed by atoms with Crippen molar-refractivity contribution >= 4 is 17.2 Å². The van der Waals surface area contributed by atoms with Crippen LogP contribution in [0.15, 0.2) is 28.4 Å². The number of piperidine rings is 1. The van der Waals surface area contributed by atoms with E-state index in [0.29, 0.717) is 19.6 Å². The molecule has 1 aliphatic heterocycles. The number of likely N-dealkylation sites (tertiary alicyclic amines) is 1. The van der Waals surface area contributed by atoms with E-state index in [2.05, 4.69) is 4.98 Å². The van der Waals surface area contributed by atoms with Gasteiger partial charge >= 0.3 is 0 Å². The maximum Gasteiger partial charge on any atom is 0.228 e. The summed E-state index contributed by atoms with van der Waals surface area (Å²) in [5, 5.41) is 2.83. The molecule has 0 aromatic carbocycles. The van der Waals surface area contributed by atoms with Gasteiger partial charge in [-0.2, -0.15) is 0 Å². The predicted octanol–water partition coefficient (Wildman–Crippen LogP) is 2.30. The Kier molecular flexibility index (Phi) is 6.01. The van der Waals surface area contributed by atoms with Gasteiger partial charge in [0.2, 0.25) is 5.91 Å². The Morgan fingerprint density at radius 2 is 2.29 bits per heavy atom. The van der Waals surface area contributed by atoms with Crippen LogP contribution in [0.1, 0.15) is 25.0 Å². The molecule has 3 heterocycles. The van der Waals surface area contributed by atoms with Crippen LogP contribution in [-0.4, -0.2) is 48.1 Å². The summed E-state index contributed by atoms with van der Waals surface area (Å²) in [6, 6.07) is 1.87. The number of ether oxygens (including phenoxy) is 1. The maximum absolute atomic E-state index is 12.4. The van der Waals surface area contributed by atoms with Crippen LogP contribution in [0.25, 0.3) is 10.6 Å². The van der Waals surface area contributed by atoms with E-state index in [9.17, 15) is 4.79 Å². The van der Waals surface area contributed by atoms with Crippen molar-refractivity contribution in [2.45, 2.75) is 31.8 Å². The molecule has 2 N–H and O–H groups in total. The second-order valence-electron chi connectivity index (χ2n) is 5.93. The fraction of sp³-hybridized carbons (Fsp3) is 0.529. The van der Waals surface area contributed by atoms with Gasteiger partial charge in [-0.15, -0.1) is 11.3 Å². The molecular formula is C17H23N3O3S. The Balaban J connectivity index is 1.46. The van der Waals surface area contributed by atoms with E-state index < -0.39 is 0 Å². The average molecular weight is 349 g/mol. The molecule has 1 aliphatic rings. The lowest BCUT2D eigenvalue weighted by atomic mass is 10.1. The molecule has 7 heteroatoms. The van der Waals surface area contributed by atoms with Crippen molar-refractivity contribution in [3.8, 4) is 10.6 Å². The van der Waals surface area contributed by atoms with E-state index >= 15 is 0 Å². The Hall–Kier alpha value is -1.70. The molecule has 130 valence electrons. The molecule has 0 saturated carbocycles. The van der Waals surface area contributed by atoms with Crippen molar-refractivity contribution in [1.82, 2.24) is 9.88 Å². The van der Waals surface area contributed by atoms with Crippen molar-refractivity contribution in [1.29, 1.82) is 0 Å². The van der Waals surface area contributed by atoms with Crippen LogP contribution < -0.4 is 5.73 Å². The molecule has 2 aromatic heterocycles. The molecule has 1 fully saturated rings. The van der Waals surface area contributed by atoms with E-state index in [0.717, 1.165) is 48.6 Å². The minimum absolute atomic E-state index is 0.138. The van der Waals surface area contributed by atoms with Crippen LogP contribution in [0.4, 0.5) is 0 Å². The number of furan rings is 1. The number of thiazole rings is 1. The monoisotopic (exact) mass is 349 g/mol. The van der Waals surface area contributed by atoms with Crippen molar-refractivity contribution in [2.75, 3.05) is 26.2 Å². The molecule has 6 nitrogen and oxygen atoms in total. The number of nitrogens with two attached hydrogens (primary N) is 1. The third kappa shape index (κ3) is 4.43. The average Bonchev–Trinajstić information content (AvgIpc) is 3.27. The first-order chi connectivity index (χ1) is 11.8. The lowest BCUT2D eigenvalue weighted by Gasteiger charge is -2.32. The van der Waals surface area contributed by atoms with E-state index in [4.69, 9.17) is 14.9 Å². The third-order valence-corrected chi connectivity index (χ3v) is 5.09. The second-order valence-corrected chi connectivity index (χ2v) is 6.78. The number of hydrogen-bond donors (Lipinski definition) is 1. The van der Waals surface area contributed by atoms with Gasteiger partial charge in [0, 0.05) is 30.6 Å². The van der Waals surface area contributed by atoms with Crippen molar-refractivity contribution < 1.29 is 13.9 Å². The first-order valence-electron chi connectivity index (χ1n) is 8.32. The summed E-state index contributed by atoms with van der Waals surface area (Å²) >= 11 is 1.54. The van der Waals surface area contributed by atoms with Crippen molar-refractivity contribution in [3.63, 3.8) is 0 Å². The fourth-order valence-corrected chi connectivity index (χ4v) is 3.58. The van der Waals surface area contributed by atoms with E-state index in [-0.39, 0.29) is 12.0 Å². The van der Waals surface area contributed by atoms with Crippen LogP contribution in [0.5, 0.6) is 0 Å². The summed E-state index contributed by atoms with van der Waals surface area (Å²) in [5.41, 5.74) is 7.24. The largest absolute Gasteiger partial charge is 0.472 e. The van der Waals surface area contributed by atoms with E-state index in [1.54, 1.807) is 12.5 Å². The summed E-state index contributed by atoms with van der Waals surface area (Å²) in [6.45, 7) is 2.88. The van der Waals surface area contributed by atoms with E-state index in [1.165, 1.54) is 11.3 Å². The Bertz CT molecular complexity index is 633. The highest BCUT2D eigenvalue weighted by atomic mass is 32.1. The van der Waals surface area contributed by atoms with Gasteiger partial charge in [0.25, 0.3) is 0 Å². The molecule has 0 radical (unpaired) electrons. The van der Waals surface area contributed by atoms with Gasteiger partial charge in [-0.05, 0) is 31.9 Å². The molecule has 0 aliphatic carbocycles. The normalized spacial score (nSPS) is 15.8. The molecular weight excluding hydrogens is 326 g/mol. The van der Waals surface area contributed by atoms with Crippen LogP contribution in [0, 0.1) is 0 Å². The molecule has 1 saturated heterocycles. The van der Waals surface area contributed by atoms with Gasteiger partial charge in [-0.1, -0.05) is 0 Å². The Morgan fingerprint density at radius 1 is 1.46 bits per heavy atom. The summed E-state index contributed by atoms with van der Waals surface area (Å²) in [4.78, 5) is 18.9. The standard InChI is InChI=1S/C17H23N3O3S/c18-5-1-8-23-15-2-6-20(7-3-15)16(21)10-14-12-24-17(19-14)13-4-9-22-11-13/h4,9,11-12,15H,1-3,5-8,10,18H2. The lowest BCUT2D eigenvalue weighted by Crippen LogP contribution is -2.41. The molecule has 0 unspecified atom stereocenters. The zero-order valence-corrected chi connectivity index (χ0v) is 14.5. The summed E-state index contributed by atoms with van der Waals surface area (Å²) in [7, 11) is 0. The highest BCUT2D eigenvalue weighted by Crippen LogP contribution is 2.24. The van der Waals surface area contributed by atoms with Gasteiger partial charge in [-0.25, -0.2) is 4.98 Å². The zero-order chi connectivity index (χ0) is 16.8. The zero-order valence-electron chi connectivity index (χ0n) is 13.6. The van der Waals surface area contributed by atoms with Crippen LogP contribution in [-0.2, 0) is 16.0 Å². The van der Waals surface area contributed by atoms with Gasteiger partial charge in [0.1, 0.15) is 11.3 Å². The highest BCUT2D eigenvalue weighted by molar-refractivity contribution is 7.13. The number of hydrogen-bond acceptors (Lipinski definition) is 6. The number of nitrogens with zero attached hydrogens (tertiary/aromatic N) is 2. The number of carbonyl (C=O) groups is 1. The number of rotatable bonds is 7. The van der Waals surface area contributed by atoms with E-state index in [1.807, 2.05) is 16.3 Å². The molecule has 2 aromatic rings. The van der Waals surface area contributed by atoms with Gasteiger partial charge in [0.15, 0.2) is 0 Å². The molecule has 1 amide bonds. The predicted molar refractivity (Wildman–Crippen MR) is 92.7 cm³/mol. The molecule has 3 rings (SSSR count). The van der Waals surface area contributed by atoms with Crippen molar-refractivity contribution in [3.05, 3.63) is 29.7 Å². The van der Waals surface area contributed by atoms with Crippen molar-refractivity contribution in [2.24, 2.45) is 5.73 Å².